The molecule has 0 spiro atoms. The summed E-state index contributed by atoms with van der Waals surface area (Å²) in [5.41, 5.74) is 1.12. The summed E-state index contributed by atoms with van der Waals surface area (Å²) in [4.78, 5) is 30.8. The summed E-state index contributed by atoms with van der Waals surface area (Å²) in [6.07, 6.45) is 1.46. The molecule has 1 N–H and O–H groups in total. The standard InChI is InChI=1S/C24H32ClN3O4S/c1-17(2)26-24(30)27(11-4-13-31-3)15-23(29)28-12-9-22-20(10-14-33-22)21(28)16-32-19-7-5-18(25)6-8-19/h5-8,10,14,17,21H,4,9,11-13,15-16H2,1-3H3,(H,26,30)/t21-/m0/s1. The van der Waals surface area contributed by atoms with Crippen LogP contribution in [-0.2, 0) is 16.0 Å². The Morgan fingerprint density at radius 2 is 2.03 bits per heavy atom. The van der Waals surface area contributed by atoms with Crippen molar-refractivity contribution >= 4 is 34.9 Å². The first kappa shape index (κ1) is 25.3. The predicted octanol–water partition coefficient (Wildman–Crippen LogP) is 4.36. The zero-order valence-corrected chi connectivity index (χ0v) is 21.0. The van der Waals surface area contributed by atoms with Gasteiger partial charge in [-0.1, -0.05) is 11.6 Å². The van der Waals surface area contributed by atoms with Gasteiger partial charge in [0, 0.05) is 42.7 Å². The van der Waals surface area contributed by atoms with E-state index in [2.05, 4.69) is 16.8 Å². The Balaban J connectivity index is 1.73. The Morgan fingerprint density at radius 1 is 1.27 bits per heavy atom. The lowest BCUT2D eigenvalue weighted by Crippen LogP contribution is -2.51. The van der Waals surface area contributed by atoms with Crippen molar-refractivity contribution in [3.8, 4) is 5.75 Å². The van der Waals surface area contributed by atoms with Gasteiger partial charge in [0.05, 0.1) is 6.04 Å². The number of nitrogens with one attached hydrogen (secondary N) is 1. The summed E-state index contributed by atoms with van der Waals surface area (Å²) in [7, 11) is 1.63. The molecule has 0 radical (unpaired) electrons. The highest BCUT2D eigenvalue weighted by Crippen LogP contribution is 2.34. The van der Waals surface area contributed by atoms with Crippen molar-refractivity contribution in [2.75, 3.05) is 40.0 Å². The van der Waals surface area contributed by atoms with Crippen LogP contribution in [0.2, 0.25) is 5.02 Å². The van der Waals surface area contributed by atoms with E-state index in [1.165, 1.54) is 4.88 Å². The monoisotopic (exact) mass is 493 g/mol. The Bertz CT molecular complexity index is 919. The van der Waals surface area contributed by atoms with Gasteiger partial charge in [-0.25, -0.2) is 4.79 Å². The molecular weight excluding hydrogens is 462 g/mol. The Hall–Kier alpha value is -2.29. The Kier molecular flexibility index (Phi) is 9.41. The SMILES string of the molecule is COCCCN(CC(=O)N1CCc2sccc2[C@@H]1COc1ccc(Cl)cc1)C(=O)NC(C)C. The summed E-state index contributed by atoms with van der Waals surface area (Å²) in [6, 6.07) is 8.80. The van der Waals surface area contributed by atoms with Crippen molar-refractivity contribution in [3.63, 3.8) is 0 Å². The average Bonchev–Trinajstić information content (AvgIpc) is 3.26. The number of methoxy groups -OCH3 is 1. The summed E-state index contributed by atoms with van der Waals surface area (Å²) >= 11 is 7.68. The minimum Gasteiger partial charge on any atom is -0.491 e. The van der Waals surface area contributed by atoms with Gasteiger partial charge in [-0.2, -0.15) is 0 Å². The molecule has 0 aliphatic carbocycles. The number of rotatable bonds is 10. The number of halogens is 1. The van der Waals surface area contributed by atoms with Crippen molar-refractivity contribution in [2.45, 2.75) is 38.8 Å². The number of urea groups is 1. The molecule has 0 saturated carbocycles. The maximum Gasteiger partial charge on any atom is 0.318 e. The molecule has 0 fully saturated rings. The van der Waals surface area contributed by atoms with Crippen molar-refractivity contribution < 1.29 is 19.1 Å². The van der Waals surface area contributed by atoms with Crippen LogP contribution in [0.4, 0.5) is 4.79 Å². The lowest BCUT2D eigenvalue weighted by atomic mass is 10.0. The van der Waals surface area contributed by atoms with E-state index in [-0.39, 0.29) is 30.6 Å². The van der Waals surface area contributed by atoms with E-state index in [4.69, 9.17) is 21.1 Å². The van der Waals surface area contributed by atoms with Gasteiger partial charge in [0.15, 0.2) is 0 Å². The first-order chi connectivity index (χ1) is 15.9. The normalized spacial score (nSPS) is 15.3. The number of fused-ring (bicyclic) bond motifs is 1. The van der Waals surface area contributed by atoms with Crippen LogP contribution in [0.5, 0.6) is 5.75 Å². The highest BCUT2D eigenvalue weighted by molar-refractivity contribution is 7.10. The van der Waals surface area contributed by atoms with E-state index in [0.717, 1.165) is 12.0 Å². The first-order valence-electron chi connectivity index (χ1n) is 11.2. The average molecular weight is 494 g/mol. The highest BCUT2D eigenvalue weighted by atomic mass is 35.5. The molecule has 2 heterocycles. The maximum atomic E-state index is 13.4. The predicted molar refractivity (Wildman–Crippen MR) is 131 cm³/mol. The zero-order valence-electron chi connectivity index (χ0n) is 19.4. The molecule has 1 aliphatic heterocycles. The molecule has 1 aliphatic rings. The van der Waals surface area contributed by atoms with Crippen LogP contribution >= 0.6 is 22.9 Å². The second kappa shape index (κ2) is 12.3. The number of thiophene rings is 1. The summed E-state index contributed by atoms with van der Waals surface area (Å²) in [5, 5.41) is 5.59. The van der Waals surface area contributed by atoms with Crippen molar-refractivity contribution in [1.29, 1.82) is 0 Å². The Labute approximate surface area is 204 Å². The molecule has 1 atom stereocenters. The fourth-order valence-corrected chi connectivity index (χ4v) is 4.88. The molecule has 3 rings (SSSR count). The molecule has 0 unspecified atom stereocenters. The molecule has 3 amide bonds. The third kappa shape index (κ3) is 7.09. The van der Waals surface area contributed by atoms with Crippen molar-refractivity contribution in [2.24, 2.45) is 0 Å². The van der Waals surface area contributed by atoms with Crippen LogP contribution in [-0.4, -0.2) is 67.7 Å². The van der Waals surface area contributed by atoms with Crippen LogP contribution in [0, 0.1) is 0 Å². The molecule has 0 bridgehead atoms. The van der Waals surface area contributed by atoms with Crippen molar-refractivity contribution in [3.05, 3.63) is 51.2 Å². The molecule has 1 aromatic heterocycles. The van der Waals surface area contributed by atoms with Gasteiger partial charge in [-0.3, -0.25) is 4.79 Å². The van der Waals surface area contributed by atoms with Gasteiger partial charge in [0.1, 0.15) is 18.9 Å². The third-order valence-electron chi connectivity index (χ3n) is 5.44. The summed E-state index contributed by atoms with van der Waals surface area (Å²) in [5.74, 6) is 0.611. The number of hydrogen-bond acceptors (Lipinski definition) is 5. The van der Waals surface area contributed by atoms with E-state index in [1.807, 2.05) is 30.9 Å². The smallest absolute Gasteiger partial charge is 0.318 e. The van der Waals surface area contributed by atoms with Crippen LogP contribution in [0.1, 0.15) is 36.8 Å². The van der Waals surface area contributed by atoms with E-state index in [1.54, 1.807) is 35.5 Å². The minimum atomic E-state index is -0.239. The quantitative estimate of drug-likeness (QED) is 0.499. The Morgan fingerprint density at radius 3 is 2.73 bits per heavy atom. The van der Waals surface area contributed by atoms with Gasteiger partial charge in [-0.05, 0) is 68.0 Å². The topological polar surface area (TPSA) is 71.1 Å². The lowest BCUT2D eigenvalue weighted by Gasteiger charge is -2.37. The molecule has 9 heteroatoms. The van der Waals surface area contributed by atoms with E-state index < -0.39 is 0 Å². The summed E-state index contributed by atoms with van der Waals surface area (Å²) < 4.78 is 11.2. The number of carbonyl (C=O) groups excluding carboxylic acids is 2. The maximum absolute atomic E-state index is 13.4. The molecule has 33 heavy (non-hydrogen) atoms. The zero-order chi connectivity index (χ0) is 23.8. The summed E-state index contributed by atoms with van der Waals surface area (Å²) in [6.45, 7) is 5.72. The van der Waals surface area contributed by atoms with Crippen LogP contribution in [0.15, 0.2) is 35.7 Å². The molecule has 2 aromatic rings. The largest absolute Gasteiger partial charge is 0.491 e. The van der Waals surface area contributed by atoms with Gasteiger partial charge >= 0.3 is 6.03 Å². The number of benzene rings is 1. The van der Waals surface area contributed by atoms with Gasteiger partial charge < -0.3 is 24.6 Å². The number of nitrogens with zero attached hydrogens (tertiary/aromatic N) is 2. The van der Waals surface area contributed by atoms with E-state index in [9.17, 15) is 9.59 Å². The number of carbonyl (C=O) groups is 2. The minimum absolute atomic E-state index is 0.0126. The number of hydrogen-bond donors (Lipinski definition) is 1. The fourth-order valence-electron chi connectivity index (χ4n) is 3.83. The van der Waals surface area contributed by atoms with Crippen LogP contribution in [0.3, 0.4) is 0 Å². The van der Waals surface area contributed by atoms with E-state index in [0.29, 0.717) is 43.5 Å². The van der Waals surface area contributed by atoms with E-state index >= 15 is 0 Å². The lowest BCUT2D eigenvalue weighted by molar-refractivity contribution is -0.135. The molecule has 180 valence electrons. The van der Waals surface area contributed by atoms with Crippen LogP contribution in [0.25, 0.3) is 0 Å². The molecular formula is C24H32ClN3O4S. The van der Waals surface area contributed by atoms with Crippen molar-refractivity contribution in [1.82, 2.24) is 15.1 Å². The van der Waals surface area contributed by atoms with Crippen LogP contribution < -0.4 is 10.1 Å². The fraction of sp³-hybridized carbons (Fsp3) is 0.500. The molecule has 1 aromatic carbocycles. The van der Waals surface area contributed by atoms with Gasteiger partial charge in [-0.15, -0.1) is 11.3 Å². The second-order valence-corrected chi connectivity index (χ2v) is 9.73. The molecule has 0 saturated heterocycles. The molecule has 7 nitrogen and oxygen atoms in total. The first-order valence-corrected chi connectivity index (χ1v) is 12.4. The third-order valence-corrected chi connectivity index (χ3v) is 6.69. The number of ether oxygens (including phenoxy) is 2. The second-order valence-electron chi connectivity index (χ2n) is 8.29. The van der Waals surface area contributed by atoms with Gasteiger partial charge in [0.2, 0.25) is 5.91 Å². The van der Waals surface area contributed by atoms with Gasteiger partial charge in [0.25, 0.3) is 0 Å². The highest BCUT2D eigenvalue weighted by Gasteiger charge is 2.33. The number of amides is 3.